The number of aryl methyl sites for hydroxylation is 1. The quantitative estimate of drug-likeness (QED) is 0.535. The number of carbonyl (C=O) groups is 1. The van der Waals surface area contributed by atoms with Gasteiger partial charge in [0.15, 0.2) is 5.78 Å². The molecule has 0 bridgehead atoms. The Bertz CT molecular complexity index is 1060. The van der Waals surface area contributed by atoms with E-state index in [0.717, 1.165) is 49.1 Å². The van der Waals surface area contributed by atoms with Gasteiger partial charge in [0.1, 0.15) is 5.75 Å². The number of aromatic nitrogens is 3. The highest BCUT2D eigenvalue weighted by atomic mass is 16.5. The van der Waals surface area contributed by atoms with Crippen LogP contribution in [0.15, 0.2) is 55.0 Å². The van der Waals surface area contributed by atoms with Crippen LogP contribution in [0, 0.1) is 17.8 Å². The number of ketones is 1. The number of benzene rings is 1. The largest absolute Gasteiger partial charge is 0.492 e. The topological polar surface area (TPSA) is 68.2 Å². The number of pyridine rings is 1. The van der Waals surface area contributed by atoms with Crippen molar-refractivity contribution in [2.24, 2.45) is 17.8 Å². The van der Waals surface area contributed by atoms with Crippen molar-refractivity contribution in [3.63, 3.8) is 0 Å². The predicted octanol–water partition coefficient (Wildman–Crippen LogP) is 4.31. The fraction of sp³-hybridized carbons (Fsp3) is 0.360. The molecule has 6 heteroatoms. The number of Topliss-reactive ketones (excluding diaryl/α,β-unsaturated/α-hetero) is 1. The minimum atomic E-state index is 0. The van der Waals surface area contributed by atoms with Gasteiger partial charge in [-0.3, -0.25) is 9.78 Å². The van der Waals surface area contributed by atoms with E-state index in [2.05, 4.69) is 26.8 Å². The lowest BCUT2D eigenvalue weighted by atomic mass is 10.1. The van der Waals surface area contributed by atoms with Crippen LogP contribution in [0.3, 0.4) is 0 Å². The average molecular weight is 417 g/mol. The minimum Gasteiger partial charge on any atom is -0.492 e. The molecule has 5 rings (SSSR count). The summed E-state index contributed by atoms with van der Waals surface area (Å²) in [6, 6.07) is 11.5. The molecular formula is C25H28N4O2. The smallest absolute Gasteiger partial charge is 0.225 e. The van der Waals surface area contributed by atoms with Crippen molar-refractivity contribution in [3.05, 3.63) is 66.1 Å². The second-order valence-corrected chi connectivity index (χ2v) is 8.47. The molecule has 0 radical (unpaired) electrons. The van der Waals surface area contributed by atoms with Crippen molar-refractivity contribution < 1.29 is 11.0 Å². The summed E-state index contributed by atoms with van der Waals surface area (Å²) in [5.41, 5.74) is 3.74. The van der Waals surface area contributed by atoms with E-state index in [1.165, 1.54) is 5.56 Å². The summed E-state index contributed by atoms with van der Waals surface area (Å²) in [6.45, 7) is 6.44. The maximum atomic E-state index is 11.4. The van der Waals surface area contributed by atoms with Gasteiger partial charge in [0, 0.05) is 44.0 Å². The Labute approximate surface area is 183 Å². The summed E-state index contributed by atoms with van der Waals surface area (Å²) >= 11 is 0. The number of rotatable bonds is 7. The molecule has 6 nitrogen and oxygen atoms in total. The number of piperidine rings is 1. The lowest BCUT2D eigenvalue weighted by Crippen LogP contribution is -2.27. The second kappa shape index (κ2) is 8.10. The van der Waals surface area contributed by atoms with Crippen LogP contribution in [0.1, 0.15) is 31.2 Å². The third kappa shape index (κ3) is 4.02. The molecule has 3 heterocycles. The average Bonchev–Trinajstić information content (AvgIpc) is 3.26. The van der Waals surface area contributed by atoms with Gasteiger partial charge in [-0.1, -0.05) is 31.2 Å². The minimum absolute atomic E-state index is 0. The highest BCUT2D eigenvalue weighted by molar-refractivity contribution is 5.94. The molecule has 3 atom stereocenters. The standard InChI is InChI=1S/C25H26N4O2.H2/c1-3-17-10-27-25(28-11-17)29-13-21-22(14-29)23(21)15-31-20-8-9-24(26-12-20)19-6-4-18(5-7-19)16(2)30;/h4-12,21-23H,3,13-15H2,1-2H3;1H/t21-,22?,23?;/m1./s1. The van der Waals surface area contributed by atoms with E-state index in [1.54, 1.807) is 13.1 Å². The zero-order valence-electron chi connectivity index (χ0n) is 17.9. The van der Waals surface area contributed by atoms with Crippen molar-refractivity contribution in [1.82, 2.24) is 15.0 Å². The van der Waals surface area contributed by atoms with Crippen LogP contribution in [0.25, 0.3) is 11.3 Å². The van der Waals surface area contributed by atoms with Gasteiger partial charge in [0.25, 0.3) is 0 Å². The van der Waals surface area contributed by atoms with Gasteiger partial charge in [-0.15, -0.1) is 0 Å². The van der Waals surface area contributed by atoms with Crippen molar-refractivity contribution in [2.75, 3.05) is 24.6 Å². The number of hydrogen-bond acceptors (Lipinski definition) is 6. The van der Waals surface area contributed by atoms with Gasteiger partial charge < -0.3 is 9.64 Å². The molecule has 2 aliphatic rings. The number of anilines is 1. The van der Waals surface area contributed by atoms with E-state index in [4.69, 9.17) is 4.74 Å². The van der Waals surface area contributed by atoms with Crippen molar-refractivity contribution >= 4 is 11.7 Å². The van der Waals surface area contributed by atoms with Crippen LogP contribution < -0.4 is 9.64 Å². The highest BCUT2D eigenvalue weighted by Gasteiger charge is 2.56. The van der Waals surface area contributed by atoms with E-state index in [-0.39, 0.29) is 7.21 Å². The van der Waals surface area contributed by atoms with Crippen LogP contribution in [0.2, 0.25) is 0 Å². The molecule has 2 unspecified atom stereocenters. The maximum Gasteiger partial charge on any atom is 0.225 e. The number of nitrogens with zero attached hydrogens (tertiary/aromatic N) is 4. The molecule has 1 saturated carbocycles. The first-order chi connectivity index (χ1) is 15.1. The Balaban J connectivity index is 0.00000245. The normalized spacial score (nSPS) is 21.6. The SMILES string of the molecule is CCc1cnc(N2CC3C(COc4ccc(-c5ccc(C(C)=O)cc5)nc4)[C@@H]3C2)nc1.[HH]. The molecule has 1 aromatic carbocycles. The zero-order valence-corrected chi connectivity index (χ0v) is 17.9. The van der Waals surface area contributed by atoms with Crippen LogP contribution >= 0.6 is 0 Å². The molecule has 1 aliphatic heterocycles. The summed E-state index contributed by atoms with van der Waals surface area (Å²) in [5, 5.41) is 0. The molecule has 0 N–H and O–H groups in total. The number of carbonyl (C=O) groups excluding carboxylic acids is 1. The first-order valence-corrected chi connectivity index (χ1v) is 10.9. The first-order valence-electron chi connectivity index (χ1n) is 10.9. The monoisotopic (exact) mass is 416 g/mol. The van der Waals surface area contributed by atoms with Gasteiger partial charge in [-0.05, 0) is 42.9 Å². The Morgan fingerprint density at radius 3 is 2.32 bits per heavy atom. The van der Waals surface area contributed by atoms with Crippen molar-refractivity contribution in [3.8, 4) is 17.0 Å². The Morgan fingerprint density at radius 2 is 1.74 bits per heavy atom. The third-order valence-electron chi connectivity index (χ3n) is 6.52. The lowest BCUT2D eigenvalue weighted by molar-refractivity contribution is 0.101. The molecule has 1 aliphatic carbocycles. The second-order valence-electron chi connectivity index (χ2n) is 8.47. The summed E-state index contributed by atoms with van der Waals surface area (Å²) in [7, 11) is 0. The van der Waals surface area contributed by atoms with Gasteiger partial charge in [-0.2, -0.15) is 0 Å². The molecule has 31 heavy (non-hydrogen) atoms. The summed E-state index contributed by atoms with van der Waals surface area (Å²) in [6.07, 6.45) is 6.61. The van der Waals surface area contributed by atoms with E-state index < -0.39 is 0 Å². The first kappa shape index (κ1) is 19.7. The van der Waals surface area contributed by atoms with Crippen LogP contribution in [0.4, 0.5) is 5.95 Å². The molecule has 0 spiro atoms. The Morgan fingerprint density at radius 1 is 1.03 bits per heavy atom. The number of ether oxygens (including phenoxy) is 1. The Hall–Kier alpha value is -3.28. The number of hydrogen-bond donors (Lipinski definition) is 0. The van der Waals surface area contributed by atoms with E-state index in [1.807, 2.05) is 48.8 Å². The van der Waals surface area contributed by atoms with Gasteiger partial charge in [-0.25, -0.2) is 9.97 Å². The summed E-state index contributed by atoms with van der Waals surface area (Å²) < 4.78 is 6.02. The summed E-state index contributed by atoms with van der Waals surface area (Å²) in [4.78, 5) is 27.3. The van der Waals surface area contributed by atoms with Crippen molar-refractivity contribution in [1.29, 1.82) is 0 Å². The van der Waals surface area contributed by atoms with E-state index in [9.17, 15) is 4.79 Å². The number of fused-ring (bicyclic) bond motifs is 1. The van der Waals surface area contributed by atoms with Gasteiger partial charge in [0.05, 0.1) is 18.5 Å². The molecule has 0 amide bonds. The van der Waals surface area contributed by atoms with Crippen LogP contribution in [-0.4, -0.2) is 40.4 Å². The molecule has 2 aromatic heterocycles. The Kier molecular flexibility index (Phi) is 5.14. The van der Waals surface area contributed by atoms with E-state index in [0.29, 0.717) is 23.3 Å². The molecule has 1 saturated heterocycles. The fourth-order valence-corrected chi connectivity index (χ4v) is 4.46. The maximum absolute atomic E-state index is 11.4. The van der Waals surface area contributed by atoms with Crippen LogP contribution in [0.5, 0.6) is 5.75 Å². The fourth-order valence-electron chi connectivity index (χ4n) is 4.46. The molecular weight excluding hydrogens is 388 g/mol. The zero-order chi connectivity index (χ0) is 21.4. The molecule has 3 aromatic rings. The molecule has 160 valence electrons. The lowest BCUT2D eigenvalue weighted by Gasteiger charge is -2.19. The van der Waals surface area contributed by atoms with Gasteiger partial charge in [0.2, 0.25) is 5.95 Å². The van der Waals surface area contributed by atoms with Crippen molar-refractivity contribution in [2.45, 2.75) is 20.3 Å². The van der Waals surface area contributed by atoms with Gasteiger partial charge >= 0.3 is 0 Å². The summed E-state index contributed by atoms with van der Waals surface area (Å²) in [5.74, 6) is 3.65. The predicted molar refractivity (Wildman–Crippen MR) is 121 cm³/mol. The third-order valence-corrected chi connectivity index (χ3v) is 6.52. The highest BCUT2D eigenvalue weighted by Crippen LogP contribution is 2.52. The van der Waals surface area contributed by atoms with E-state index >= 15 is 0 Å². The molecule has 2 fully saturated rings. The van der Waals surface area contributed by atoms with Crippen LogP contribution in [-0.2, 0) is 6.42 Å².